The van der Waals surface area contributed by atoms with Crippen molar-refractivity contribution >= 4 is 20.0 Å². The second kappa shape index (κ2) is 9.33. The summed E-state index contributed by atoms with van der Waals surface area (Å²) in [6.07, 6.45) is -4.92. The van der Waals surface area contributed by atoms with Gasteiger partial charge >= 0.3 is 6.36 Å². The van der Waals surface area contributed by atoms with Crippen LogP contribution in [0.5, 0.6) is 5.75 Å². The fourth-order valence-corrected chi connectivity index (χ4v) is 5.10. The number of hydrogen-bond acceptors (Lipinski definition) is 5. The lowest BCUT2D eigenvalue weighted by molar-refractivity contribution is -0.274. The molecule has 0 amide bonds. The first-order chi connectivity index (χ1) is 13.9. The van der Waals surface area contributed by atoms with Gasteiger partial charge < -0.3 is 4.74 Å². The van der Waals surface area contributed by atoms with E-state index in [2.05, 4.69) is 9.46 Å². The number of rotatable bonds is 9. The first-order valence-corrected chi connectivity index (χ1v) is 11.8. The van der Waals surface area contributed by atoms with E-state index in [-0.39, 0.29) is 28.4 Å². The molecule has 0 saturated heterocycles. The van der Waals surface area contributed by atoms with Crippen LogP contribution in [0.2, 0.25) is 0 Å². The standard InChI is InChI=1S/C18H21F3N2O5S2/c1-3-23(4-2)30(26,27)16-11-9-15(10-12-16)29(24,25)22-13-14-7-5-6-8-17(14)28-18(19,20)21/h5-12,22H,3-4,13H2,1-2H3. The number of halogens is 3. The van der Waals surface area contributed by atoms with Crippen LogP contribution >= 0.6 is 0 Å². The number of hydrogen-bond donors (Lipinski definition) is 1. The molecule has 0 fully saturated rings. The summed E-state index contributed by atoms with van der Waals surface area (Å²) in [4.78, 5) is -0.288. The summed E-state index contributed by atoms with van der Waals surface area (Å²) in [6, 6.07) is 9.72. The first kappa shape index (κ1) is 24.1. The number of para-hydroxylation sites is 1. The Labute approximate surface area is 173 Å². The predicted octanol–water partition coefficient (Wildman–Crippen LogP) is 3.09. The molecule has 0 radical (unpaired) electrons. The summed E-state index contributed by atoms with van der Waals surface area (Å²) in [5.74, 6) is -0.520. The lowest BCUT2D eigenvalue weighted by Crippen LogP contribution is -2.30. The number of sulfonamides is 2. The van der Waals surface area contributed by atoms with E-state index in [9.17, 15) is 30.0 Å². The molecule has 2 aromatic rings. The maximum Gasteiger partial charge on any atom is 0.573 e. The van der Waals surface area contributed by atoms with Crippen molar-refractivity contribution in [2.75, 3.05) is 13.1 Å². The highest BCUT2D eigenvalue weighted by molar-refractivity contribution is 7.89. The Morgan fingerprint density at radius 1 is 0.900 bits per heavy atom. The minimum atomic E-state index is -4.92. The first-order valence-electron chi connectivity index (χ1n) is 8.84. The van der Waals surface area contributed by atoms with Gasteiger partial charge in [-0.2, -0.15) is 4.31 Å². The van der Waals surface area contributed by atoms with Crippen molar-refractivity contribution in [3.63, 3.8) is 0 Å². The molecule has 0 aliphatic rings. The summed E-state index contributed by atoms with van der Waals surface area (Å²) in [6.45, 7) is 3.45. The van der Waals surface area contributed by atoms with Crippen LogP contribution in [0.1, 0.15) is 19.4 Å². The molecule has 0 aromatic heterocycles. The highest BCUT2D eigenvalue weighted by atomic mass is 32.2. The van der Waals surface area contributed by atoms with E-state index in [0.29, 0.717) is 0 Å². The summed E-state index contributed by atoms with van der Waals surface area (Å²) in [7, 11) is -7.85. The normalized spacial score (nSPS) is 12.9. The quantitative estimate of drug-likeness (QED) is 0.613. The molecule has 0 aliphatic carbocycles. The van der Waals surface area contributed by atoms with Gasteiger partial charge in [-0.05, 0) is 30.3 Å². The minimum Gasteiger partial charge on any atom is -0.405 e. The van der Waals surface area contributed by atoms with Crippen molar-refractivity contribution in [1.82, 2.24) is 9.03 Å². The number of alkyl halides is 3. The monoisotopic (exact) mass is 466 g/mol. The van der Waals surface area contributed by atoms with Crippen LogP contribution in [0, 0.1) is 0 Å². The molecule has 7 nitrogen and oxygen atoms in total. The number of nitrogens with zero attached hydrogens (tertiary/aromatic N) is 1. The van der Waals surface area contributed by atoms with Gasteiger partial charge in [-0.25, -0.2) is 21.6 Å². The number of nitrogens with one attached hydrogen (secondary N) is 1. The molecule has 12 heteroatoms. The van der Waals surface area contributed by atoms with Crippen molar-refractivity contribution in [3.05, 3.63) is 54.1 Å². The van der Waals surface area contributed by atoms with Gasteiger partial charge in [0.1, 0.15) is 5.75 Å². The summed E-state index contributed by atoms with van der Waals surface area (Å²) >= 11 is 0. The Bertz CT molecular complexity index is 1070. The van der Waals surface area contributed by atoms with Gasteiger partial charge in [0.2, 0.25) is 20.0 Å². The Morgan fingerprint density at radius 3 is 1.97 bits per heavy atom. The number of ether oxygens (including phenoxy) is 1. The van der Waals surface area contributed by atoms with Crippen molar-refractivity contribution in [3.8, 4) is 5.75 Å². The maximum atomic E-state index is 12.5. The smallest absolute Gasteiger partial charge is 0.405 e. The van der Waals surface area contributed by atoms with Crippen LogP contribution < -0.4 is 9.46 Å². The summed E-state index contributed by atoms with van der Waals surface area (Å²) in [5.41, 5.74) is -0.0147. The second-order valence-electron chi connectivity index (χ2n) is 6.04. The van der Waals surface area contributed by atoms with Gasteiger partial charge in [-0.3, -0.25) is 0 Å². The SMILES string of the molecule is CCN(CC)S(=O)(=O)c1ccc(S(=O)(=O)NCc2ccccc2OC(F)(F)F)cc1. The maximum absolute atomic E-state index is 12.5. The van der Waals surface area contributed by atoms with Crippen LogP contribution in [-0.2, 0) is 26.6 Å². The molecular formula is C18H21F3N2O5S2. The number of benzene rings is 2. The molecule has 0 aliphatic heterocycles. The largest absolute Gasteiger partial charge is 0.573 e. The zero-order chi connectivity index (χ0) is 22.6. The Kier molecular flexibility index (Phi) is 7.50. The van der Waals surface area contributed by atoms with Gasteiger partial charge in [-0.1, -0.05) is 32.0 Å². The fraction of sp³-hybridized carbons (Fsp3) is 0.333. The van der Waals surface area contributed by atoms with Gasteiger partial charge in [0, 0.05) is 25.2 Å². The predicted molar refractivity (Wildman–Crippen MR) is 104 cm³/mol. The molecule has 0 bridgehead atoms. The molecule has 0 unspecified atom stereocenters. The van der Waals surface area contributed by atoms with Crippen molar-refractivity contribution < 1.29 is 34.7 Å². The zero-order valence-corrected chi connectivity index (χ0v) is 17.8. The van der Waals surface area contributed by atoms with E-state index in [1.807, 2.05) is 0 Å². The lowest BCUT2D eigenvalue weighted by atomic mass is 10.2. The van der Waals surface area contributed by atoms with Crippen molar-refractivity contribution in [2.45, 2.75) is 36.5 Å². The van der Waals surface area contributed by atoms with Crippen LogP contribution in [0.3, 0.4) is 0 Å². The highest BCUT2D eigenvalue weighted by Gasteiger charge is 2.32. The van der Waals surface area contributed by atoms with E-state index in [0.717, 1.165) is 18.2 Å². The molecule has 166 valence electrons. The average Bonchev–Trinajstić information content (AvgIpc) is 2.67. The minimum absolute atomic E-state index is 0.0147. The molecule has 30 heavy (non-hydrogen) atoms. The third-order valence-corrected chi connectivity index (χ3v) is 7.61. The fourth-order valence-electron chi connectivity index (χ4n) is 2.63. The van der Waals surface area contributed by atoms with Gasteiger partial charge in [0.05, 0.1) is 9.79 Å². The molecule has 0 heterocycles. The van der Waals surface area contributed by atoms with Crippen molar-refractivity contribution in [2.24, 2.45) is 0 Å². The van der Waals surface area contributed by atoms with E-state index < -0.39 is 38.7 Å². The Morgan fingerprint density at radius 2 is 1.43 bits per heavy atom. The van der Waals surface area contributed by atoms with E-state index in [4.69, 9.17) is 0 Å². The molecule has 2 aromatic carbocycles. The van der Waals surface area contributed by atoms with E-state index in [1.165, 1.54) is 34.6 Å². The van der Waals surface area contributed by atoms with Crippen LogP contribution in [0.15, 0.2) is 58.3 Å². The molecule has 1 N–H and O–H groups in total. The van der Waals surface area contributed by atoms with Gasteiger partial charge in [0.15, 0.2) is 0 Å². The third-order valence-electron chi connectivity index (χ3n) is 4.13. The van der Waals surface area contributed by atoms with E-state index >= 15 is 0 Å². The second-order valence-corrected chi connectivity index (χ2v) is 9.75. The molecular weight excluding hydrogens is 445 g/mol. The van der Waals surface area contributed by atoms with Crippen LogP contribution in [0.4, 0.5) is 13.2 Å². The topological polar surface area (TPSA) is 92.8 Å². The summed E-state index contributed by atoms with van der Waals surface area (Å²) < 4.78 is 94.7. The van der Waals surface area contributed by atoms with E-state index in [1.54, 1.807) is 13.8 Å². The Hall–Kier alpha value is -2.15. The molecule has 0 saturated carbocycles. The third kappa shape index (κ3) is 5.94. The molecule has 0 atom stereocenters. The average molecular weight is 467 g/mol. The van der Waals surface area contributed by atoms with Crippen LogP contribution in [-0.4, -0.2) is 40.6 Å². The molecule has 0 spiro atoms. The highest BCUT2D eigenvalue weighted by Crippen LogP contribution is 2.26. The zero-order valence-electron chi connectivity index (χ0n) is 16.2. The van der Waals surface area contributed by atoms with Crippen LogP contribution in [0.25, 0.3) is 0 Å². The lowest BCUT2D eigenvalue weighted by Gasteiger charge is -2.18. The molecule has 2 rings (SSSR count). The Balaban J connectivity index is 2.20. The van der Waals surface area contributed by atoms with Gasteiger partial charge in [-0.15, -0.1) is 13.2 Å². The summed E-state index contributed by atoms with van der Waals surface area (Å²) in [5, 5.41) is 0. The van der Waals surface area contributed by atoms with Gasteiger partial charge in [0.25, 0.3) is 0 Å². The van der Waals surface area contributed by atoms with Crippen molar-refractivity contribution in [1.29, 1.82) is 0 Å².